The van der Waals surface area contributed by atoms with Gasteiger partial charge in [0, 0.05) is 18.0 Å². The van der Waals surface area contributed by atoms with Crippen molar-refractivity contribution < 1.29 is 9.59 Å². The van der Waals surface area contributed by atoms with Gasteiger partial charge in [0.05, 0.1) is 5.75 Å². The third-order valence-electron chi connectivity index (χ3n) is 4.59. The van der Waals surface area contributed by atoms with E-state index >= 15 is 0 Å². The van der Waals surface area contributed by atoms with Gasteiger partial charge in [-0.15, -0.1) is 11.8 Å². The molecule has 0 bridgehead atoms. The van der Waals surface area contributed by atoms with Crippen molar-refractivity contribution in [3.63, 3.8) is 0 Å². The van der Waals surface area contributed by atoms with E-state index in [1.54, 1.807) is 4.90 Å². The number of carbonyl (C=O) groups excluding carboxylic acids is 2. The zero-order valence-corrected chi connectivity index (χ0v) is 18.0. The van der Waals surface area contributed by atoms with Crippen LogP contribution >= 0.6 is 11.8 Å². The molecule has 2 aromatic carbocycles. The second kappa shape index (κ2) is 10.9. The molecule has 0 unspecified atom stereocenters. The van der Waals surface area contributed by atoms with Gasteiger partial charge in [-0.1, -0.05) is 54.4 Å². The molecule has 0 saturated heterocycles. The van der Waals surface area contributed by atoms with E-state index in [-0.39, 0.29) is 11.8 Å². The van der Waals surface area contributed by atoms with E-state index in [4.69, 9.17) is 0 Å². The van der Waals surface area contributed by atoms with Crippen molar-refractivity contribution in [2.75, 3.05) is 12.3 Å². The maximum atomic E-state index is 13.1. The van der Waals surface area contributed by atoms with Crippen molar-refractivity contribution in [3.8, 4) is 0 Å². The third kappa shape index (κ3) is 6.41. The lowest BCUT2D eigenvalue weighted by Crippen LogP contribution is -2.49. The minimum absolute atomic E-state index is 0.0238. The van der Waals surface area contributed by atoms with Crippen LogP contribution in [0.25, 0.3) is 0 Å². The van der Waals surface area contributed by atoms with E-state index in [1.165, 1.54) is 22.9 Å². The lowest BCUT2D eigenvalue weighted by Gasteiger charge is -2.30. The minimum atomic E-state index is -0.465. The monoisotopic (exact) mass is 398 g/mol. The number of benzene rings is 2. The molecule has 0 radical (unpaired) electrons. The van der Waals surface area contributed by atoms with Gasteiger partial charge in [-0.2, -0.15) is 0 Å². The zero-order chi connectivity index (χ0) is 20.5. The van der Waals surface area contributed by atoms with Gasteiger partial charge in [-0.25, -0.2) is 0 Å². The number of amides is 2. The van der Waals surface area contributed by atoms with Crippen LogP contribution in [-0.2, 0) is 16.1 Å². The average molecular weight is 399 g/mol. The molecule has 2 amide bonds. The van der Waals surface area contributed by atoms with E-state index in [2.05, 4.69) is 5.32 Å². The number of carbonyl (C=O) groups is 2. The summed E-state index contributed by atoms with van der Waals surface area (Å²) < 4.78 is 0. The Morgan fingerprint density at radius 1 is 0.964 bits per heavy atom. The van der Waals surface area contributed by atoms with Crippen LogP contribution < -0.4 is 5.32 Å². The van der Waals surface area contributed by atoms with Gasteiger partial charge in [-0.05, 0) is 44.9 Å². The standard InChI is InChI=1S/C23H30N2O2S/c1-5-21(23(27)24-6-2)25(15-19-11-7-17(3)8-12-19)22(26)16-28-20-13-9-18(4)10-14-20/h7-14,21H,5-6,15-16H2,1-4H3,(H,24,27)/t21-/m0/s1. The zero-order valence-electron chi connectivity index (χ0n) is 17.2. The Hall–Kier alpha value is -2.27. The fraction of sp³-hybridized carbons (Fsp3) is 0.391. The summed E-state index contributed by atoms with van der Waals surface area (Å²) in [6.45, 7) is 8.91. The van der Waals surface area contributed by atoms with Crippen LogP contribution in [0, 0.1) is 13.8 Å². The maximum absolute atomic E-state index is 13.1. The van der Waals surface area contributed by atoms with E-state index < -0.39 is 6.04 Å². The minimum Gasteiger partial charge on any atom is -0.355 e. The van der Waals surface area contributed by atoms with Crippen molar-refractivity contribution in [1.29, 1.82) is 0 Å². The molecule has 0 saturated carbocycles. The number of likely N-dealkylation sites (N-methyl/N-ethyl adjacent to an activating group) is 1. The fourth-order valence-electron chi connectivity index (χ4n) is 2.96. The topological polar surface area (TPSA) is 49.4 Å². The van der Waals surface area contributed by atoms with E-state index in [0.717, 1.165) is 10.5 Å². The SMILES string of the molecule is CCNC(=O)[C@H](CC)N(Cc1ccc(C)cc1)C(=O)CSc1ccc(C)cc1. The van der Waals surface area contributed by atoms with Crippen LogP contribution in [0.3, 0.4) is 0 Å². The molecule has 2 aromatic rings. The highest BCUT2D eigenvalue weighted by Gasteiger charge is 2.28. The smallest absolute Gasteiger partial charge is 0.242 e. The Morgan fingerprint density at radius 2 is 1.54 bits per heavy atom. The summed E-state index contributed by atoms with van der Waals surface area (Å²) in [6, 6.07) is 15.8. The van der Waals surface area contributed by atoms with Crippen molar-refractivity contribution in [2.24, 2.45) is 0 Å². The van der Waals surface area contributed by atoms with Crippen LogP contribution in [0.15, 0.2) is 53.4 Å². The Bertz CT molecular complexity index is 772. The van der Waals surface area contributed by atoms with Gasteiger partial charge < -0.3 is 10.2 Å². The van der Waals surface area contributed by atoms with E-state index in [0.29, 0.717) is 25.3 Å². The van der Waals surface area contributed by atoms with Crippen molar-refractivity contribution in [2.45, 2.75) is 51.6 Å². The number of hydrogen-bond donors (Lipinski definition) is 1. The maximum Gasteiger partial charge on any atom is 0.242 e. The van der Waals surface area contributed by atoms with Crippen LogP contribution in [0.4, 0.5) is 0 Å². The quantitative estimate of drug-likeness (QED) is 0.639. The third-order valence-corrected chi connectivity index (χ3v) is 5.59. The first-order valence-electron chi connectivity index (χ1n) is 9.76. The highest BCUT2D eigenvalue weighted by molar-refractivity contribution is 8.00. The molecular formula is C23H30N2O2S. The number of nitrogens with zero attached hydrogens (tertiary/aromatic N) is 1. The molecule has 0 fully saturated rings. The molecule has 0 aromatic heterocycles. The second-order valence-corrected chi connectivity index (χ2v) is 7.98. The van der Waals surface area contributed by atoms with Gasteiger partial charge >= 0.3 is 0 Å². The number of thioether (sulfide) groups is 1. The number of rotatable bonds is 9. The average Bonchev–Trinajstić information content (AvgIpc) is 2.69. The number of nitrogens with one attached hydrogen (secondary N) is 1. The molecular weight excluding hydrogens is 368 g/mol. The number of aryl methyl sites for hydroxylation is 2. The van der Waals surface area contributed by atoms with Crippen molar-refractivity contribution in [3.05, 3.63) is 65.2 Å². The molecule has 1 atom stereocenters. The molecule has 2 rings (SSSR count). The Kier molecular flexibility index (Phi) is 8.58. The largest absolute Gasteiger partial charge is 0.355 e. The Morgan fingerprint density at radius 3 is 2.07 bits per heavy atom. The first-order valence-corrected chi connectivity index (χ1v) is 10.7. The molecule has 150 valence electrons. The summed E-state index contributed by atoms with van der Waals surface area (Å²) in [5.41, 5.74) is 3.40. The lowest BCUT2D eigenvalue weighted by molar-refractivity contribution is -0.139. The predicted octanol–water partition coefficient (Wildman–Crippen LogP) is 4.34. The molecule has 4 nitrogen and oxygen atoms in total. The summed E-state index contributed by atoms with van der Waals surface area (Å²) in [7, 11) is 0. The Balaban J connectivity index is 2.16. The Labute approximate surface area is 172 Å². The highest BCUT2D eigenvalue weighted by Crippen LogP contribution is 2.21. The summed E-state index contributed by atoms with van der Waals surface area (Å²) in [5, 5.41) is 2.87. The van der Waals surface area contributed by atoms with Crippen LogP contribution in [-0.4, -0.2) is 35.1 Å². The first kappa shape index (κ1) is 22.0. The molecule has 0 aliphatic heterocycles. The molecule has 1 N–H and O–H groups in total. The highest BCUT2D eigenvalue weighted by atomic mass is 32.2. The summed E-state index contributed by atoms with van der Waals surface area (Å²) in [4.78, 5) is 28.4. The van der Waals surface area contributed by atoms with Gasteiger partial charge in [0.25, 0.3) is 0 Å². The normalized spacial score (nSPS) is 11.7. The second-order valence-electron chi connectivity index (χ2n) is 6.93. The van der Waals surface area contributed by atoms with E-state index in [9.17, 15) is 9.59 Å². The van der Waals surface area contributed by atoms with Gasteiger partial charge in [0.15, 0.2) is 0 Å². The first-order chi connectivity index (χ1) is 13.4. The fourth-order valence-corrected chi connectivity index (χ4v) is 3.75. The molecule has 28 heavy (non-hydrogen) atoms. The molecule has 0 spiro atoms. The summed E-state index contributed by atoms with van der Waals surface area (Å²) in [6.07, 6.45) is 0.582. The summed E-state index contributed by atoms with van der Waals surface area (Å²) in [5.74, 6) is 0.195. The molecule has 0 aliphatic carbocycles. The molecule has 0 heterocycles. The van der Waals surface area contributed by atoms with Crippen LogP contribution in [0.1, 0.15) is 37.0 Å². The van der Waals surface area contributed by atoms with Gasteiger partial charge in [0.2, 0.25) is 11.8 Å². The van der Waals surface area contributed by atoms with E-state index in [1.807, 2.05) is 76.2 Å². The van der Waals surface area contributed by atoms with Gasteiger partial charge in [0.1, 0.15) is 6.04 Å². The van der Waals surface area contributed by atoms with Crippen LogP contribution in [0.2, 0.25) is 0 Å². The van der Waals surface area contributed by atoms with Gasteiger partial charge in [-0.3, -0.25) is 9.59 Å². The molecule has 0 aliphatic rings. The van der Waals surface area contributed by atoms with Crippen molar-refractivity contribution in [1.82, 2.24) is 10.2 Å². The van der Waals surface area contributed by atoms with Crippen molar-refractivity contribution >= 4 is 23.6 Å². The number of hydrogen-bond acceptors (Lipinski definition) is 3. The van der Waals surface area contributed by atoms with Crippen LogP contribution in [0.5, 0.6) is 0 Å². The molecule has 5 heteroatoms. The lowest BCUT2D eigenvalue weighted by atomic mass is 10.1. The summed E-state index contributed by atoms with van der Waals surface area (Å²) >= 11 is 1.51. The predicted molar refractivity (Wildman–Crippen MR) is 116 cm³/mol.